The topological polar surface area (TPSA) is 74.9 Å². The van der Waals surface area contributed by atoms with Gasteiger partial charge < -0.3 is 10.8 Å². The Morgan fingerprint density at radius 2 is 2.46 bits per heavy atom. The normalized spacial score (nSPS) is 27.3. The van der Waals surface area contributed by atoms with Crippen molar-refractivity contribution in [3.05, 3.63) is 17.0 Å². The molecule has 0 spiro atoms. The molecule has 1 heterocycles. The smallest absolute Gasteiger partial charge is 0.0829 e. The standard InChI is InChI=1S/C9H15N3O/c1-5-9-7(12-11-5)2-6(4-10)3-8(9)13/h6,8,13H,2-4,10H2,1H3,(H,11,12). The number of aliphatic hydroxyl groups excluding tert-OH is 1. The van der Waals surface area contributed by atoms with Gasteiger partial charge in [-0.15, -0.1) is 0 Å². The first-order chi connectivity index (χ1) is 6.22. The Morgan fingerprint density at radius 1 is 1.69 bits per heavy atom. The zero-order valence-corrected chi connectivity index (χ0v) is 7.75. The average molecular weight is 181 g/mol. The summed E-state index contributed by atoms with van der Waals surface area (Å²) in [5, 5.41) is 16.9. The molecule has 0 aromatic carbocycles. The number of aliphatic hydroxyl groups is 1. The van der Waals surface area contributed by atoms with Gasteiger partial charge in [-0.25, -0.2) is 0 Å². The third kappa shape index (κ3) is 1.36. The summed E-state index contributed by atoms with van der Waals surface area (Å²) in [5.74, 6) is 0.380. The van der Waals surface area contributed by atoms with Crippen LogP contribution in [0, 0.1) is 12.8 Å². The Balaban J connectivity index is 2.33. The van der Waals surface area contributed by atoms with Crippen molar-refractivity contribution in [2.24, 2.45) is 11.7 Å². The summed E-state index contributed by atoms with van der Waals surface area (Å²) in [6.07, 6.45) is 1.29. The lowest BCUT2D eigenvalue weighted by molar-refractivity contribution is 0.133. The van der Waals surface area contributed by atoms with Crippen molar-refractivity contribution < 1.29 is 5.11 Å². The van der Waals surface area contributed by atoms with Crippen LogP contribution in [0.5, 0.6) is 0 Å². The molecule has 2 unspecified atom stereocenters. The van der Waals surface area contributed by atoms with Crippen LogP contribution in [0.1, 0.15) is 29.5 Å². The molecule has 72 valence electrons. The van der Waals surface area contributed by atoms with Crippen LogP contribution < -0.4 is 5.73 Å². The summed E-state index contributed by atoms with van der Waals surface area (Å²) >= 11 is 0. The van der Waals surface area contributed by atoms with Gasteiger partial charge in [0.15, 0.2) is 0 Å². The van der Waals surface area contributed by atoms with Crippen molar-refractivity contribution in [2.75, 3.05) is 6.54 Å². The Kier molecular flexibility index (Phi) is 2.09. The summed E-state index contributed by atoms with van der Waals surface area (Å²) in [7, 11) is 0. The molecule has 0 saturated carbocycles. The Hall–Kier alpha value is -0.870. The number of nitrogens with two attached hydrogens (primary N) is 1. The third-order valence-electron chi connectivity index (χ3n) is 2.78. The first-order valence-corrected chi connectivity index (χ1v) is 4.64. The van der Waals surface area contributed by atoms with Gasteiger partial charge in [0.2, 0.25) is 0 Å². The van der Waals surface area contributed by atoms with Gasteiger partial charge >= 0.3 is 0 Å². The number of hydrogen-bond acceptors (Lipinski definition) is 3. The maximum atomic E-state index is 9.82. The van der Waals surface area contributed by atoms with E-state index in [1.54, 1.807) is 0 Å². The van der Waals surface area contributed by atoms with Crippen molar-refractivity contribution in [1.82, 2.24) is 10.2 Å². The number of nitrogens with one attached hydrogen (secondary N) is 1. The molecule has 0 bridgehead atoms. The fourth-order valence-corrected chi connectivity index (χ4v) is 2.06. The number of aryl methyl sites for hydroxylation is 1. The fraction of sp³-hybridized carbons (Fsp3) is 0.667. The molecule has 0 radical (unpaired) electrons. The zero-order chi connectivity index (χ0) is 9.42. The highest BCUT2D eigenvalue weighted by Crippen LogP contribution is 2.33. The number of hydrogen-bond donors (Lipinski definition) is 3. The predicted molar refractivity (Wildman–Crippen MR) is 49.1 cm³/mol. The molecule has 0 aliphatic heterocycles. The second kappa shape index (κ2) is 3.12. The quantitative estimate of drug-likeness (QED) is 0.582. The molecule has 1 aliphatic rings. The molecule has 4 N–H and O–H groups in total. The number of rotatable bonds is 1. The van der Waals surface area contributed by atoms with Gasteiger partial charge in [0.25, 0.3) is 0 Å². The van der Waals surface area contributed by atoms with Gasteiger partial charge in [0.1, 0.15) is 0 Å². The van der Waals surface area contributed by atoms with Gasteiger partial charge in [0, 0.05) is 11.3 Å². The second-order valence-electron chi connectivity index (χ2n) is 3.77. The van der Waals surface area contributed by atoms with Gasteiger partial charge in [-0.2, -0.15) is 5.10 Å². The lowest BCUT2D eigenvalue weighted by atomic mass is 9.85. The molecular weight excluding hydrogens is 166 g/mol. The second-order valence-corrected chi connectivity index (χ2v) is 3.77. The van der Waals surface area contributed by atoms with E-state index in [1.165, 1.54) is 0 Å². The van der Waals surface area contributed by atoms with Crippen LogP contribution in [0.25, 0.3) is 0 Å². The average Bonchev–Trinajstić information content (AvgIpc) is 2.48. The van der Waals surface area contributed by atoms with E-state index < -0.39 is 0 Å². The summed E-state index contributed by atoms with van der Waals surface area (Å²) in [4.78, 5) is 0. The van der Waals surface area contributed by atoms with Crippen LogP contribution in [0.15, 0.2) is 0 Å². The third-order valence-corrected chi connectivity index (χ3v) is 2.78. The first kappa shape index (κ1) is 8.72. The van der Waals surface area contributed by atoms with E-state index in [9.17, 15) is 5.11 Å². The maximum Gasteiger partial charge on any atom is 0.0829 e. The van der Waals surface area contributed by atoms with Crippen molar-refractivity contribution in [3.8, 4) is 0 Å². The van der Waals surface area contributed by atoms with Gasteiger partial charge in [-0.3, -0.25) is 5.10 Å². The van der Waals surface area contributed by atoms with Crippen LogP contribution in [0.2, 0.25) is 0 Å². The molecule has 1 aromatic rings. The van der Waals surface area contributed by atoms with Crippen LogP contribution in [-0.2, 0) is 6.42 Å². The fourth-order valence-electron chi connectivity index (χ4n) is 2.06. The van der Waals surface area contributed by atoms with Crippen LogP contribution in [-0.4, -0.2) is 21.8 Å². The van der Waals surface area contributed by atoms with Crippen molar-refractivity contribution in [1.29, 1.82) is 0 Å². The van der Waals surface area contributed by atoms with E-state index in [0.29, 0.717) is 12.5 Å². The van der Waals surface area contributed by atoms with E-state index in [4.69, 9.17) is 5.73 Å². The minimum atomic E-state index is -0.379. The van der Waals surface area contributed by atoms with Crippen LogP contribution in [0.4, 0.5) is 0 Å². The highest BCUT2D eigenvalue weighted by atomic mass is 16.3. The summed E-state index contributed by atoms with van der Waals surface area (Å²) in [6, 6.07) is 0. The van der Waals surface area contributed by atoms with Gasteiger partial charge in [-0.05, 0) is 32.2 Å². The van der Waals surface area contributed by atoms with Crippen molar-refractivity contribution in [2.45, 2.75) is 25.9 Å². The first-order valence-electron chi connectivity index (χ1n) is 4.64. The Bertz CT molecular complexity index is 308. The molecule has 2 atom stereocenters. The van der Waals surface area contributed by atoms with E-state index in [0.717, 1.165) is 29.8 Å². The minimum absolute atomic E-state index is 0.379. The molecule has 4 heteroatoms. The molecule has 0 fully saturated rings. The van der Waals surface area contributed by atoms with E-state index in [-0.39, 0.29) is 6.10 Å². The largest absolute Gasteiger partial charge is 0.388 e. The van der Waals surface area contributed by atoms with Gasteiger partial charge in [0.05, 0.1) is 11.8 Å². The van der Waals surface area contributed by atoms with E-state index >= 15 is 0 Å². The maximum absolute atomic E-state index is 9.82. The zero-order valence-electron chi connectivity index (χ0n) is 7.75. The molecule has 0 saturated heterocycles. The van der Waals surface area contributed by atoms with Crippen LogP contribution >= 0.6 is 0 Å². The molecule has 2 rings (SSSR count). The van der Waals surface area contributed by atoms with Crippen molar-refractivity contribution in [3.63, 3.8) is 0 Å². The lowest BCUT2D eigenvalue weighted by Crippen LogP contribution is -2.24. The molecule has 13 heavy (non-hydrogen) atoms. The highest BCUT2D eigenvalue weighted by molar-refractivity contribution is 5.29. The Labute approximate surface area is 77.1 Å². The molecule has 0 amide bonds. The highest BCUT2D eigenvalue weighted by Gasteiger charge is 2.28. The monoisotopic (exact) mass is 181 g/mol. The summed E-state index contributed by atoms with van der Waals surface area (Å²) in [6.45, 7) is 2.57. The number of aromatic nitrogens is 2. The summed E-state index contributed by atoms with van der Waals surface area (Å²) in [5.41, 5.74) is 8.55. The van der Waals surface area contributed by atoms with E-state index in [2.05, 4.69) is 10.2 Å². The summed E-state index contributed by atoms with van der Waals surface area (Å²) < 4.78 is 0. The van der Waals surface area contributed by atoms with Crippen LogP contribution in [0.3, 0.4) is 0 Å². The number of fused-ring (bicyclic) bond motifs is 1. The Morgan fingerprint density at radius 3 is 3.15 bits per heavy atom. The predicted octanol–water partition coefficient (Wildman–Crippen LogP) is 0.273. The number of aromatic amines is 1. The number of nitrogens with zero attached hydrogens (tertiary/aromatic N) is 1. The molecule has 1 aromatic heterocycles. The SMILES string of the molecule is Cc1[nH]nc2c1C(O)CC(CN)C2. The van der Waals surface area contributed by atoms with E-state index in [1.807, 2.05) is 6.92 Å². The lowest BCUT2D eigenvalue weighted by Gasteiger charge is -2.24. The molecule has 4 nitrogen and oxygen atoms in total. The number of H-pyrrole nitrogens is 1. The molecule has 1 aliphatic carbocycles. The minimum Gasteiger partial charge on any atom is -0.388 e. The van der Waals surface area contributed by atoms with Crippen molar-refractivity contribution >= 4 is 0 Å². The molecular formula is C9H15N3O. The van der Waals surface area contributed by atoms with Gasteiger partial charge in [-0.1, -0.05) is 0 Å².